The van der Waals surface area contributed by atoms with Crippen LogP contribution in [-0.4, -0.2) is 23.5 Å². The van der Waals surface area contributed by atoms with Gasteiger partial charge in [-0.3, -0.25) is 4.79 Å². The van der Waals surface area contributed by atoms with Gasteiger partial charge in [-0.1, -0.05) is 12.1 Å². The number of oxazole rings is 1. The normalized spacial score (nSPS) is 10.2. The molecule has 1 heterocycles. The lowest BCUT2D eigenvalue weighted by molar-refractivity contribution is -0.115. The molecule has 0 atom stereocenters. The maximum absolute atomic E-state index is 12.0. The fraction of sp³-hybridized carbons (Fsp3) is 0.105. The van der Waals surface area contributed by atoms with Gasteiger partial charge in [0.05, 0.1) is 12.7 Å². The van der Waals surface area contributed by atoms with Gasteiger partial charge in [0.25, 0.3) is 0 Å². The highest BCUT2D eigenvalue weighted by Crippen LogP contribution is 2.20. The average molecular weight is 350 g/mol. The summed E-state index contributed by atoms with van der Waals surface area (Å²) in [6, 6.07) is 14.1. The van der Waals surface area contributed by atoms with Crippen LogP contribution in [0.1, 0.15) is 5.56 Å². The molecule has 3 amide bonds. The molecular formula is C19H18N4O3. The number of hydrogen-bond acceptors (Lipinski definition) is 4. The number of aryl methyl sites for hydroxylation is 1. The predicted octanol–water partition coefficient (Wildman–Crippen LogP) is 3.41. The number of hydrogen-bond donors (Lipinski definition) is 3. The Kier molecular flexibility index (Phi) is 5.28. The van der Waals surface area contributed by atoms with Gasteiger partial charge in [0, 0.05) is 16.9 Å². The van der Waals surface area contributed by atoms with Crippen LogP contribution < -0.4 is 16.0 Å². The first kappa shape index (κ1) is 17.2. The Bertz CT molecular complexity index is 889. The van der Waals surface area contributed by atoms with Crippen molar-refractivity contribution < 1.29 is 14.0 Å². The van der Waals surface area contributed by atoms with E-state index < -0.39 is 6.03 Å². The summed E-state index contributed by atoms with van der Waals surface area (Å²) >= 11 is 0. The average Bonchev–Trinajstić information content (AvgIpc) is 3.15. The van der Waals surface area contributed by atoms with Crippen LogP contribution in [0.25, 0.3) is 11.3 Å². The molecule has 0 saturated heterocycles. The van der Waals surface area contributed by atoms with Gasteiger partial charge in [-0.25, -0.2) is 9.78 Å². The molecule has 0 radical (unpaired) electrons. The molecule has 3 rings (SSSR count). The fourth-order valence-electron chi connectivity index (χ4n) is 2.34. The number of benzene rings is 2. The quantitative estimate of drug-likeness (QED) is 0.657. The van der Waals surface area contributed by atoms with Crippen molar-refractivity contribution in [3.05, 3.63) is 66.7 Å². The van der Waals surface area contributed by atoms with E-state index in [0.29, 0.717) is 17.1 Å². The Balaban J connectivity index is 1.47. The maximum atomic E-state index is 12.0. The topological polar surface area (TPSA) is 96.3 Å². The van der Waals surface area contributed by atoms with Gasteiger partial charge in [-0.2, -0.15) is 0 Å². The summed E-state index contributed by atoms with van der Waals surface area (Å²) in [4.78, 5) is 27.7. The van der Waals surface area contributed by atoms with Gasteiger partial charge in [-0.15, -0.1) is 0 Å². The number of amides is 3. The second kappa shape index (κ2) is 7.98. The maximum Gasteiger partial charge on any atom is 0.319 e. The zero-order chi connectivity index (χ0) is 18.4. The number of nitrogens with one attached hydrogen (secondary N) is 3. The van der Waals surface area contributed by atoms with Crippen LogP contribution in [0.3, 0.4) is 0 Å². The van der Waals surface area contributed by atoms with Crippen molar-refractivity contribution >= 4 is 23.3 Å². The third-order valence-corrected chi connectivity index (χ3v) is 3.57. The SMILES string of the molecule is Cc1cccc(NC(=O)NCC(=O)Nc2ccc(-c3cnco3)cc2)c1. The third-order valence-electron chi connectivity index (χ3n) is 3.57. The summed E-state index contributed by atoms with van der Waals surface area (Å²) in [5.74, 6) is 0.328. The summed E-state index contributed by atoms with van der Waals surface area (Å²) in [5.41, 5.74) is 3.19. The Morgan fingerprint density at radius 1 is 1.04 bits per heavy atom. The molecule has 26 heavy (non-hydrogen) atoms. The molecular weight excluding hydrogens is 332 g/mol. The summed E-state index contributed by atoms with van der Waals surface area (Å²) in [6.07, 6.45) is 2.98. The van der Waals surface area contributed by atoms with E-state index in [1.807, 2.05) is 37.3 Å². The number of carbonyl (C=O) groups excluding carboxylic acids is 2. The molecule has 1 aromatic heterocycles. The van der Waals surface area contributed by atoms with E-state index in [-0.39, 0.29) is 12.5 Å². The fourth-order valence-corrected chi connectivity index (χ4v) is 2.34. The Hall–Kier alpha value is -3.61. The first-order valence-electron chi connectivity index (χ1n) is 8.00. The van der Waals surface area contributed by atoms with Crippen LogP contribution in [0, 0.1) is 6.92 Å². The summed E-state index contributed by atoms with van der Waals surface area (Å²) < 4.78 is 5.21. The van der Waals surface area contributed by atoms with Crippen molar-refractivity contribution in [3.8, 4) is 11.3 Å². The molecule has 7 nitrogen and oxygen atoms in total. The van der Waals surface area contributed by atoms with Gasteiger partial charge in [0.1, 0.15) is 0 Å². The van der Waals surface area contributed by atoms with E-state index in [1.165, 1.54) is 6.39 Å². The molecule has 2 aromatic carbocycles. The van der Waals surface area contributed by atoms with Crippen LogP contribution in [-0.2, 0) is 4.79 Å². The van der Waals surface area contributed by atoms with Gasteiger partial charge in [0.2, 0.25) is 5.91 Å². The molecule has 0 aliphatic heterocycles. The molecule has 0 aliphatic rings. The largest absolute Gasteiger partial charge is 0.444 e. The minimum atomic E-state index is -0.439. The Morgan fingerprint density at radius 3 is 2.54 bits per heavy atom. The number of urea groups is 1. The summed E-state index contributed by atoms with van der Waals surface area (Å²) in [6.45, 7) is 1.80. The van der Waals surface area contributed by atoms with Crippen molar-refractivity contribution in [1.29, 1.82) is 0 Å². The van der Waals surface area contributed by atoms with Crippen LogP contribution >= 0.6 is 0 Å². The first-order valence-corrected chi connectivity index (χ1v) is 8.00. The Labute approximate surface area is 150 Å². The number of anilines is 2. The summed E-state index contributed by atoms with van der Waals surface area (Å²) in [7, 11) is 0. The minimum absolute atomic E-state index is 0.137. The van der Waals surface area contributed by atoms with E-state index >= 15 is 0 Å². The highest BCUT2D eigenvalue weighted by molar-refractivity contribution is 5.97. The molecule has 0 saturated carbocycles. The molecule has 132 valence electrons. The van der Waals surface area contributed by atoms with E-state index in [2.05, 4.69) is 20.9 Å². The van der Waals surface area contributed by atoms with E-state index in [4.69, 9.17) is 4.42 Å². The summed E-state index contributed by atoms with van der Waals surface area (Å²) in [5, 5.41) is 7.91. The van der Waals surface area contributed by atoms with Crippen LogP contribution in [0.5, 0.6) is 0 Å². The Morgan fingerprint density at radius 2 is 1.85 bits per heavy atom. The van der Waals surface area contributed by atoms with E-state index in [9.17, 15) is 9.59 Å². The lowest BCUT2D eigenvalue weighted by Crippen LogP contribution is -2.35. The van der Waals surface area contributed by atoms with Crippen molar-refractivity contribution in [3.63, 3.8) is 0 Å². The number of aromatic nitrogens is 1. The smallest absolute Gasteiger partial charge is 0.319 e. The monoisotopic (exact) mass is 350 g/mol. The zero-order valence-electron chi connectivity index (χ0n) is 14.2. The predicted molar refractivity (Wildman–Crippen MR) is 98.8 cm³/mol. The van der Waals surface area contributed by atoms with Gasteiger partial charge < -0.3 is 20.4 Å². The zero-order valence-corrected chi connectivity index (χ0v) is 14.2. The molecule has 3 aromatic rings. The van der Waals surface area contributed by atoms with Crippen molar-refractivity contribution in [1.82, 2.24) is 10.3 Å². The number of nitrogens with zero attached hydrogens (tertiary/aromatic N) is 1. The molecule has 0 fully saturated rings. The lowest BCUT2D eigenvalue weighted by atomic mass is 10.2. The molecule has 0 spiro atoms. The highest BCUT2D eigenvalue weighted by atomic mass is 16.3. The second-order valence-electron chi connectivity index (χ2n) is 5.67. The third kappa shape index (κ3) is 4.70. The van der Waals surface area contributed by atoms with E-state index in [1.54, 1.807) is 24.4 Å². The molecule has 0 bridgehead atoms. The van der Waals surface area contributed by atoms with Gasteiger partial charge >= 0.3 is 6.03 Å². The van der Waals surface area contributed by atoms with Crippen LogP contribution in [0.2, 0.25) is 0 Å². The van der Waals surface area contributed by atoms with Gasteiger partial charge in [-0.05, 0) is 48.9 Å². The number of rotatable bonds is 5. The molecule has 7 heteroatoms. The highest BCUT2D eigenvalue weighted by Gasteiger charge is 2.07. The van der Waals surface area contributed by atoms with Crippen LogP contribution in [0.15, 0.2) is 65.5 Å². The number of carbonyl (C=O) groups is 2. The molecule has 3 N–H and O–H groups in total. The molecule has 0 unspecified atom stereocenters. The minimum Gasteiger partial charge on any atom is -0.444 e. The molecule has 0 aliphatic carbocycles. The second-order valence-corrected chi connectivity index (χ2v) is 5.67. The lowest BCUT2D eigenvalue weighted by Gasteiger charge is -2.09. The standard InChI is InChI=1S/C19H18N4O3/c1-13-3-2-4-16(9-13)23-19(25)21-11-18(24)22-15-7-5-14(6-8-15)17-10-20-12-26-17/h2-10,12H,11H2,1H3,(H,22,24)(H2,21,23,25). The first-order chi connectivity index (χ1) is 12.6. The van der Waals surface area contributed by atoms with E-state index in [0.717, 1.165) is 11.1 Å². The van der Waals surface area contributed by atoms with Crippen molar-refractivity contribution in [2.24, 2.45) is 0 Å². The van der Waals surface area contributed by atoms with Crippen molar-refractivity contribution in [2.45, 2.75) is 6.92 Å². The van der Waals surface area contributed by atoms with Crippen LogP contribution in [0.4, 0.5) is 16.2 Å². The van der Waals surface area contributed by atoms with Gasteiger partial charge in [0.15, 0.2) is 12.2 Å². The van der Waals surface area contributed by atoms with Crippen molar-refractivity contribution in [2.75, 3.05) is 17.2 Å².